The summed E-state index contributed by atoms with van der Waals surface area (Å²) in [5.74, 6) is 0. The Hall–Kier alpha value is -2.94. The summed E-state index contributed by atoms with van der Waals surface area (Å²) in [4.78, 5) is 10.1. The molecule has 0 saturated carbocycles. The van der Waals surface area contributed by atoms with Gasteiger partial charge < -0.3 is 4.84 Å². The number of hydrogen-bond acceptors (Lipinski definition) is 3. The zero-order chi connectivity index (χ0) is 17.1. The van der Waals surface area contributed by atoms with E-state index in [2.05, 4.69) is 59.8 Å². The molecule has 1 aliphatic rings. The fraction of sp³-hybridized carbons (Fsp3) is 0.182. The van der Waals surface area contributed by atoms with Gasteiger partial charge in [0.2, 0.25) is 0 Å². The van der Waals surface area contributed by atoms with Crippen LogP contribution in [-0.4, -0.2) is 17.8 Å². The molecule has 0 unspecified atom stereocenters. The second-order valence-corrected chi connectivity index (χ2v) is 6.18. The number of pyridine rings is 1. The molecule has 1 heterocycles. The summed E-state index contributed by atoms with van der Waals surface area (Å²) >= 11 is 0. The van der Waals surface area contributed by atoms with Crippen molar-refractivity contribution in [1.29, 1.82) is 0 Å². The topological polar surface area (TPSA) is 34.5 Å². The number of aryl methyl sites for hydroxylation is 1. The van der Waals surface area contributed by atoms with Crippen molar-refractivity contribution in [1.82, 2.24) is 4.98 Å². The largest absolute Gasteiger partial charge is 0.399 e. The highest BCUT2D eigenvalue weighted by molar-refractivity contribution is 6.03. The van der Waals surface area contributed by atoms with Crippen molar-refractivity contribution >= 4 is 5.71 Å². The molecule has 0 atom stereocenters. The zero-order valence-corrected chi connectivity index (χ0v) is 14.3. The molecular weight excluding hydrogens is 308 g/mol. The Morgan fingerprint density at radius 3 is 2.20 bits per heavy atom. The van der Waals surface area contributed by atoms with E-state index in [4.69, 9.17) is 9.82 Å². The Morgan fingerprint density at radius 2 is 1.52 bits per heavy atom. The summed E-state index contributed by atoms with van der Waals surface area (Å²) in [6, 6.07) is 23.0. The van der Waals surface area contributed by atoms with E-state index in [9.17, 15) is 0 Å². The van der Waals surface area contributed by atoms with Crippen LogP contribution in [0.2, 0.25) is 0 Å². The molecular formula is C22H20N2O. The summed E-state index contributed by atoms with van der Waals surface area (Å²) in [6.45, 7) is 0. The summed E-state index contributed by atoms with van der Waals surface area (Å²) in [5, 5.41) is 4.24. The van der Waals surface area contributed by atoms with E-state index < -0.39 is 0 Å². The molecule has 0 spiro atoms. The number of fused-ring (bicyclic) bond motifs is 1. The zero-order valence-electron chi connectivity index (χ0n) is 14.3. The minimum Gasteiger partial charge on any atom is -0.399 e. The maximum atomic E-state index is 5.06. The second-order valence-electron chi connectivity index (χ2n) is 6.18. The van der Waals surface area contributed by atoms with E-state index in [-0.39, 0.29) is 0 Å². The van der Waals surface area contributed by atoms with Crippen LogP contribution in [0, 0.1) is 0 Å². The van der Waals surface area contributed by atoms with Crippen LogP contribution in [0.3, 0.4) is 0 Å². The van der Waals surface area contributed by atoms with Crippen molar-refractivity contribution in [2.24, 2.45) is 5.16 Å². The van der Waals surface area contributed by atoms with Gasteiger partial charge in [0.15, 0.2) is 0 Å². The predicted molar refractivity (Wildman–Crippen MR) is 102 cm³/mol. The van der Waals surface area contributed by atoms with Gasteiger partial charge in [0.25, 0.3) is 0 Å². The lowest BCUT2D eigenvalue weighted by molar-refractivity contribution is 0.212. The molecule has 3 heteroatoms. The maximum Gasteiger partial charge on any atom is 0.106 e. The van der Waals surface area contributed by atoms with Gasteiger partial charge in [-0.05, 0) is 30.9 Å². The van der Waals surface area contributed by atoms with Gasteiger partial charge in [-0.25, -0.2) is 0 Å². The van der Waals surface area contributed by atoms with E-state index in [1.54, 1.807) is 7.11 Å². The van der Waals surface area contributed by atoms with Crippen molar-refractivity contribution < 1.29 is 4.84 Å². The van der Waals surface area contributed by atoms with Crippen molar-refractivity contribution in [3.63, 3.8) is 0 Å². The molecule has 0 aliphatic heterocycles. The lowest BCUT2D eigenvalue weighted by Crippen LogP contribution is -2.15. The SMILES string of the molecule is CON=C1CCCc2nc(-c3ccccc3)c(-c3ccccc3)cc21. The summed E-state index contributed by atoms with van der Waals surface area (Å²) < 4.78 is 0. The monoisotopic (exact) mass is 328 g/mol. The first kappa shape index (κ1) is 15.6. The van der Waals surface area contributed by atoms with Gasteiger partial charge in [-0.1, -0.05) is 65.8 Å². The maximum absolute atomic E-state index is 5.06. The molecule has 4 rings (SSSR count). The van der Waals surface area contributed by atoms with Crippen molar-refractivity contribution in [3.8, 4) is 22.4 Å². The molecule has 1 aromatic heterocycles. The Balaban J connectivity index is 1.96. The Bertz CT molecular complexity index is 902. The number of rotatable bonds is 3. The van der Waals surface area contributed by atoms with Crippen LogP contribution in [0.4, 0.5) is 0 Å². The molecule has 0 amide bonds. The first-order chi connectivity index (χ1) is 12.4. The highest BCUT2D eigenvalue weighted by Crippen LogP contribution is 2.34. The van der Waals surface area contributed by atoms with Crippen LogP contribution in [-0.2, 0) is 11.3 Å². The Kier molecular flexibility index (Phi) is 4.30. The molecule has 25 heavy (non-hydrogen) atoms. The first-order valence-electron chi connectivity index (χ1n) is 8.62. The number of aromatic nitrogens is 1. The van der Waals surface area contributed by atoms with E-state index in [0.717, 1.165) is 53.1 Å². The van der Waals surface area contributed by atoms with Gasteiger partial charge in [-0.2, -0.15) is 0 Å². The lowest BCUT2D eigenvalue weighted by atomic mass is 9.89. The van der Waals surface area contributed by atoms with E-state index >= 15 is 0 Å². The highest BCUT2D eigenvalue weighted by atomic mass is 16.6. The average Bonchev–Trinajstić information content (AvgIpc) is 2.69. The number of hydrogen-bond donors (Lipinski definition) is 0. The highest BCUT2D eigenvalue weighted by Gasteiger charge is 2.21. The number of nitrogens with zero attached hydrogens (tertiary/aromatic N) is 2. The van der Waals surface area contributed by atoms with Crippen LogP contribution in [0.25, 0.3) is 22.4 Å². The minimum atomic E-state index is 0.932. The fourth-order valence-electron chi connectivity index (χ4n) is 3.41. The Morgan fingerprint density at radius 1 is 0.840 bits per heavy atom. The molecule has 0 bridgehead atoms. The molecule has 1 aliphatic carbocycles. The minimum absolute atomic E-state index is 0.932. The fourth-order valence-corrected chi connectivity index (χ4v) is 3.41. The van der Waals surface area contributed by atoms with Gasteiger partial charge in [0, 0.05) is 16.7 Å². The molecule has 3 nitrogen and oxygen atoms in total. The van der Waals surface area contributed by atoms with Crippen molar-refractivity contribution in [2.45, 2.75) is 19.3 Å². The van der Waals surface area contributed by atoms with Crippen molar-refractivity contribution in [2.75, 3.05) is 7.11 Å². The third-order valence-electron chi connectivity index (χ3n) is 4.57. The molecule has 0 radical (unpaired) electrons. The smallest absolute Gasteiger partial charge is 0.106 e. The molecule has 124 valence electrons. The predicted octanol–water partition coefficient (Wildman–Crippen LogP) is 5.10. The van der Waals surface area contributed by atoms with Gasteiger partial charge in [0.05, 0.1) is 17.1 Å². The molecule has 3 aromatic rings. The standard InChI is InChI=1S/C22H20N2O/c1-25-24-21-14-8-13-20-19(21)15-18(16-9-4-2-5-10-16)22(23-20)17-11-6-3-7-12-17/h2-7,9-12,15H,8,13-14H2,1H3. The van der Waals surface area contributed by atoms with Gasteiger partial charge in [-0.15, -0.1) is 0 Å². The van der Waals surface area contributed by atoms with Crippen molar-refractivity contribution in [3.05, 3.63) is 78.0 Å². The van der Waals surface area contributed by atoms with Gasteiger partial charge in [0.1, 0.15) is 7.11 Å². The van der Waals surface area contributed by atoms with Crippen LogP contribution < -0.4 is 0 Å². The molecule has 2 aromatic carbocycles. The number of oxime groups is 1. The number of benzene rings is 2. The summed E-state index contributed by atoms with van der Waals surface area (Å²) in [6.07, 6.45) is 2.97. The van der Waals surface area contributed by atoms with Gasteiger partial charge in [-0.3, -0.25) is 4.98 Å². The van der Waals surface area contributed by atoms with E-state index in [0.29, 0.717) is 0 Å². The average molecular weight is 328 g/mol. The van der Waals surface area contributed by atoms with Crippen LogP contribution >= 0.6 is 0 Å². The van der Waals surface area contributed by atoms with Crippen LogP contribution in [0.5, 0.6) is 0 Å². The Labute approximate surface area is 148 Å². The molecule has 0 N–H and O–H groups in total. The van der Waals surface area contributed by atoms with Crippen LogP contribution in [0.1, 0.15) is 24.1 Å². The molecule has 0 saturated heterocycles. The van der Waals surface area contributed by atoms with E-state index in [1.807, 2.05) is 12.1 Å². The van der Waals surface area contributed by atoms with E-state index in [1.165, 1.54) is 5.56 Å². The van der Waals surface area contributed by atoms with Gasteiger partial charge >= 0.3 is 0 Å². The second kappa shape index (κ2) is 6.89. The quantitative estimate of drug-likeness (QED) is 0.627. The third-order valence-corrected chi connectivity index (χ3v) is 4.57. The normalized spacial score (nSPS) is 15.0. The van der Waals surface area contributed by atoms with Crippen LogP contribution in [0.15, 0.2) is 71.9 Å². The molecule has 0 fully saturated rings. The lowest BCUT2D eigenvalue weighted by Gasteiger charge is -2.20. The third kappa shape index (κ3) is 3.05. The summed E-state index contributed by atoms with van der Waals surface area (Å²) in [5.41, 5.74) is 7.69. The first-order valence-corrected chi connectivity index (χ1v) is 8.62. The summed E-state index contributed by atoms with van der Waals surface area (Å²) in [7, 11) is 1.60.